The van der Waals surface area contributed by atoms with Crippen LogP contribution in [0.1, 0.15) is 25.0 Å². The second kappa shape index (κ2) is 7.40. The monoisotopic (exact) mass is 369 g/mol. The Hall–Kier alpha value is -2.50. The first-order chi connectivity index (χ1) is 12.7. The first-order valence-corrected chi connectivity index (χ1v) is 9.14. The van der Waals surface area contributed by atoms with Crippen LogP contribution in [0, 0.1) is 0 Å². The number of para-hydroxylation sites is 1. The largest absolute Gasteiger partial charge is 0.451 e. The molecule has 4 rings (SSSR count). The summed E-state index contributed by atoms with van der Waals surface area (Å²) in [6.45, 7) is 2.08. The molecule has 1 aromatic heterocycles. The van der Waals surface area contributed by atoms with Crippen molar-refractivity contribution in [1.29, 1.82) is 0 Å². The number of rotatable bonds is 3. The van der Waals surface area contributed by atoms with Gasteiger partial charge in [0.15, 0.2) is 17.2 Å². The number of benzene rings is 2. The third-order valence-corrected chi connectivity index (χ3v) is 4.84. The summed E-state index contributed by atoms with van der Waals surface area (Å²) in [5.41, 5.74) is 4.69. The fourth-order valence-electron chi connectivity index (χ4n) is 3.36. The summed E-state index contributed by atoms with van der Waals surface area (Å²) >= 11 is 6.01. The number of furan rings is 1. The van der Waals surface area contributed by atoms with Gasteiger partial charge in [0.05, 0.1) is 11.4 Å². The van der Waals surface area contributed by atoms with Gasteiger partial charge < -0.3 is 9.32 Å². The minimum Gasteiger partial charge on any atom is -0.451 e. The highest BCUT2D eigenvalue weighted by atomic mass is 35.5. The third kappa shape index (κ3) is 3.41. The highest BCUT2D eigenvalue weighted by molar-refractivity contribution is 6.30. The molecule has 0 unspecified atom stereocenters. The molecule has 6 heteroatoms. The molecule has 0 radical (unpaired) electrons. The summed E-state index contributed by atoms with van der Waals surface area (Å²) < 4.78 is 6.08. The summed E-state index contributed by atoms with van der Waals surface area (Å²) in [5, 5.41) is 11.1. The van der Waals surface area contributed by atoms with Crippen LogP contribution >= 0.6 is 11.6 Å². The average molecular weight is 370 g/mol. The van der Waals surface area contributed by atoms with Gasteiger partial charge in [-0.25, -0.2) is 10.5 Å². The minimum atomic E-state index is 0.244. The van der Waals surface area contributed by atoms with Crippen molar-refractivity contribution in [3.8, 4) is 0 Å². The van der Waals surface area contributed by atoms with Gasteiger partial charge in [0.25, 0.3) is 0 Å². The summed E-state index contributed by atoms with van der Waals surface area (Å²) in [5.74, 6) is 0.722. The molecular formula is C20H20ClN3O2. The van der Waals surface area contributed by atoms with Gasteiger partial charge >= 0.3 is 0 Å². The maximum absolute atomic E-state index is 9.57. The molecule has 2 heterocycles. The Morgan fingerprint density at radius 2 is 1.88 bits per heavy atom. The van der Waals surface area contributed by atoms with Crippen LogP contribution in [0.4, 0.5) is 11.4 Å². The number of halogens is 1. The molecule has 0 bridgehead atoms. The number of nitrogens with one attached hydrogen (secondary N) is 1. The summed E-state index contributed by atoms with van der Waals surface area (Å²) in [6.07, 6.45) is 3.67. The average Bonchev–Trinajstić information content (AvgIpc) is 3.11. The van der Waals surface area contributed by atoms with Crippen LogP contribution in [0.15, 0.2) is 57.9 Å². The van der Waals surface area contributed by atoms with E-state index in [9.17, 15) is 5.21 Å². The fourth-order valence-corrected chi connectivity index (χ4v) is 3.54. The Bertz CT molecular complexity index is 945. The maximum atomic E-state index is 9.57. The summed E-state index contributed by atoms with van der Waals surface area (Å²) in [7, 11) is 0. The van der Waals surface area contributed by atoms with Crippen molar-refractivity contribution in [2.75, 3.05) is 18.0 Å². The number of amidine groups is 1. The van der Waals surface area contributed by atoms with Gasteiger partial charge in [0, 0.05) is 23.5 Å². The Morgan fingerprint density at radius 3 is 2.65 bits per heavy atom. The van der Waals surface area contributed by atoms with E-state index in [0.717, 1.165) is 29.7 Å². The molecule has 3 aromatic rings. The molecule has 0 saturated carbocycles. The van der Waals surface area contributed by atoms with Crippen LogP contribution in [0.3, 0.4) is 0 Å². The normalized spacial score (nSPS) is 15.5. The number of hydrogen-bond acceptors (Lipinski definition) is 4. The minimum absolute atomic E-state index is 0.244. The summed E-state index contributed by atoms with van der Waals surface area (Å²) in [4.78, 5) is 6.77. The van der Waals surface area contributed by atoms with E-state index < -0.39 is 0 Å². The maximum Gasteiger partial charge on any atom is 0.193 e. The molecule has 5 nitrogen and oxygen atoms in total. The Kier molecular flexibility index (Phi) is 4.82. The topological polar surface area (TPSA) is 61.0 Å². The van der Waals surface area contributed by atoms with Crippen LogP contribution in [0.25, 0.3) is 11.0 Å². The molecule has 26 heavy (non-hydrogen) atoms. The predicted octanol–water partition coefficient (Wildman–Crippen LogP) is 5.13. The molecule has 134 valence electrons. The predicted molar refractivity (Wildman–Crippen MR) is 105 cm³/mol. The van der Waals surface area contributed by atoms with Gasteiger partial charge in [-0.1, -0.05) is 29.8 Å². The van der Waals surface area contributed by atoms with E-state index in [4.69, 9.17) is 16.0 Å². The van der Waals surface area contributed by atoms with Gasteiger partial charge in [-0.05, 0) is 49.6 Å². The Labute approximate surface area is 156 Å². The van der Waals surface area contributed by atoms with Gasteiger partial charge in [-0.3, -0.25) is 5.21 Å². The first-order valence-electron chi connectivity index (χ1n) is 8.77. The van der Waals surface area contributed by atoms with Crippen molar-refractivity contribution < 1.29 is 9.62 Å². The third-order valence-electron chi connectivity index (χ3n) is 4.61. The lowest BCUT2D eigenvalue weighted by Gasteiger charge is -2.28. The molecule has 0 atom stereocenters. The number of anilines is 1. The molecule has 1 aliphatic heterocycles. The molecule has 0 spiro atoms. The van der Waals surface area contributed by atoms with Crippen molar-refractivity contribution in [3.63, 3.8) is 0 Å². The van der Waals surface area contributed by atoms with Crippen molar-refractivity contribution in [1.82, 2.24) is 5.48 Å². The molecule has 0 amide bonds. The standard InChI is InChI=1S/C20H20ClN3O2/c21-15-7-5-8-16(13-15)22-20(23-25)18-12-14-6-4-9-17(19(14)26-18)24-10-2-1-3-11-24/h4-9,12-13,25H,1-3,10-11H2,(H,22,23). The summed E-state index contributed by atoms with van der Waals surface area (Å²) in [6, 6.07) is 15.1. The van der Waals surface area contributed by atoms with Crippen LogP contribution in [-0.2, 0) is 0 Å². The Morgan fingerprint density at radius 1 is 1.08 bits per heavy atom. The SMILES string of the molecule is ONC(=Nc1cccc(Cl)c1)c1cc2cccc(N3CCCCC3)c2o1. The van der Waals surface area contributed by atoms with Crippen LogP contribution in [-0.4, -0.2) is 24.1 Å². The van der Waals surface area contributed by atoms with Crippen molar-refractivity contribution in [2.24, 2.45) is 4.99 Å². The van der Waals surface area contributed by atoms with Crippen LogP contribution in [0.2, 0.25) is 5.02 Å². The Balaban J connectivity index is 1.74. The molecule has 1 fully saturated rings. The lowest BCUT2D eigenvalue weighted by atomic mass is 10.1. The number of nitrogens with zero attached hydrogens (tertiary/aromatic N) is 2. The molecule has 2 N–H and O–H groups in total. The lowest BCUT2D eigenvalue weighted by Crippen LogP contribution is -2.29. The fraction of sp³-hybridized carbons (Fsp3) is 0.250. The smallest absolute Gasteiger partial charge is 0.193 e. The number of piperidine rings is 1. The van der Waals surface area contributed by atoms with E-state index in [1.54, 1.807) is 12.1 Å². The van der Waals surface area contributed by atoms with E-state index in [1.807, 2.05) is 30.3 Å². The number of fused-ring (bicyclic) bond motifs is 1. The highest BCUT2D eigenvalue weighted by Gasteiger charge is 2.18. The van der Waals surface area contributed by atoms with Crippen molar-refractivity contribution in [3.05, 3.63) is 59.3 Å². The number of aliphatic imine (C=N–C) groups is 1. The molecule has 0 aliphatic carbocycles. The van der Waals surface area contributed by atoms with Crippen LogP contribution < -0.4 is 10.4 Å². The van der Waals surface area contributed by atoms with Crippen molar-refractivity contribution >= 4 is 39.8 Å². The van der Waals surface area contributed by atoms with Crippen LogP contribution in [0.5, 0.6) is 0 Å². The van der Waals surface area contributed by atoms with Gasteiger partial charge in [0.2, 0.25) is 0 Å². The highest BCUT2D eigenvalue weighted by Crippen LogP contribution is 2.32. The van der Waals surface area contributed by atoms with Gasteiger partial charge in [-0.15, -0.1) is 0 Å². The molecule has 2 aromatic carbocycles. The number of hydrogen-bond donors (Lipinski definition) is 2. The zero-order chi connectivity index (χ0) is 17.9. The lowest BCUT2D eigenvalue weighted by molar-refractivity contribution is 0.233. The van der Waals surface area contributed by atoms with E-state index in [0.29, 0.717) is 16.5 Å². The van der Waals surface area contributed by atoms with E-state index in [2.05, 4.69) is 21.4 Å². The second-order valence-corrected chi connectivity index (χ2v) is 6.84. The molecule has 1 aliphatic rings. The quantitative estimate of drug-likeness (QED) is 0.381. The molecular weight excluding hydrogens is 350 g/mol. The van der Waals surface area contributed by atoms with Gasteiger partial charge in [0.1, 0.15) is 0 Å². The number of hydroxylamine groups is 1. The zero-order valence-corrected chi connectivity index (χ0v) is 15.0. The second-order valence-electron chi connectivity index (χ2n) is 6.41. The van der Waals surface area contributed by atoms with Gasteiger partial charge in [-0.2, -0.15) is 0 Å². The van der Waals surface area contributed by atoms with E-state index >= 15 is 0 Å². The van der Waals surface area contributed by atoms with Crippen molar-refractivity contribution in [2.45, 2.75) is 19.3 Å². The van der Waals surface area contributed by atoms with E-state index in [-0.39, 0.29) is 5.84 Å². The molecule has 1 saturated heterocycles. The zero-order valence-electron chi connectivity index (χ0n) is 14.3. The van der Waals surface area contributed by atoms with E-state index in [1.165, 1.54) is 19.3 Å². The first kappa shape index (κ1) is 16.9.